The van der Waals surface area contributed by atoms with Crippen LogP contribution < -0.4 is 0 Å². The van der Waals surface area contributed by atoms with E-state index in [2.05, 4.69) is 0 Å². The van der Waals surface area contributed by atoms with E-state index in [1.54, 1.807) is 0 Å². The largest absolute Gasteiger partial charge is 0.312 e. The molecule has 0 atom stereocenters. The molecule has 0 unspecified atom stereocenters. The lowest BCUT2D eigenvalue weighted by Crippen LogP contribution is -2.32. The van der Waals surface area contributed by atoms with Gasteiger partial charge in [-0.15, -0.1) is 0 Å². The average Bonchev–Trinajstić information content (AvgIpc) is 1.64. The van der Waals surface area contributed by atoms with Crippen LogP contribution in [-0.2, 0) is 9.59 Å². The summed E-state index contributed by atoms with van der Waals surface area (Å²) in [6, 6.07) is 0. The minimum Gasteiger partial charge on any atom is -0.312 e. The first kappa shape index (κ1) is 7.47. The first-order chi connectivity index (χ1) is 3.55. The number of carbonyl (C=O) groups is 2. The van der Waals surface area contributed by atoms with Crippen molar-refractivity contribution in [2.45, 2.75) is 13.8 Å². The Kier molecular flexibility index (Phi) is 2.52. The third kappa shape index (κ3) is 1.96. The second-order valence-corrected chi connectivity index (χ2v) is 1.70. The Labute approximate surface area is 50.1 Å². The van der Waals surface area contributed by atoms with Crippen molar-refractivity contribution < 1.29 is 9.59 Å². The topological polar surface area (TPSA) is 34.1 Å². The summed E-state index contributed by atoms with van der Waals surface area (Å²) in [5.74, 6) is 0. The van der Waals surface area contributed by atoms with Crippen molar-refractivity contribution in [3.63, 3.8) is 0 Å². The van der Waals surface area contributed by atoms with E-state index in [1.165, 1.54) is 13.8 Å². The molecule has 0 aliphatic heterocycles. The van der Waals surface area contributed by atoms with Gasteiger partial charge in [0.15, 0.2) is 0 Å². The minimum absolute atomic E-state index is 0.280. The van der Waals surface area contributed by atoms with Crippen molar-refractivity contribution in [3.8, 4) is 0 Å². The van der Waals surface area contributed by atoms with Gasteiger partial charge in [0.2, 0.25) is 0 Å². The molecular weight excluding hydrogens is 102 g/mol. The summed E-state index contributed by atoms with van der Waals surface area (Å²) < 4.78 is 0. The molecule has 2 radical (unpaired) electrons. The highest BCUT2D eigenvalue weighted by Crippen LogP contribution is 1.78. The van der Waals surface area contributed by atoms with E-state index in [1.807, 2.05) is 0 Å². The Bertz CT molecular complexity index is 107. The molecule has 40 valence electrons. The van der Waals surface area contributed by atoms with Crippen LogP contribution in [0.2, 0.25) is 0 Å². The fourth-order valence-corrected chi connectivity index (χ4v) is 0.286. The van der Waals surface area contributed by atoms with Gasteiger partial charge in [-0.05, 0) is 13.8 Å². The molecule has 0 N–H and O–H groups in total. The van der Waals surface area contributed by atoms with Crippen LogP contribution in [0.5, 0.6) is 0 Å². The summed E-state index contributed by atoms with van der Waals surface area (Å²) in [5.41, 5.74) is -0.560. The van der Waals surface area contributed by atoms with Gasteiger partial charge >= 0.3 is 0 Å². The van der Waals surface area contributed by atoms with Gasteiger partial charge in [0.05, 0.1) is 11.4 Å². The van der Waals surface area contributed by atoms with Crippen LogP contribution in [0.4, 0.5) is 0 Å². The third-order valence-electron chi connectivity index (χ3n) is 0.876. The van der Waals surface area contributed by atoms with E-state index in [4.69, 9.17) is 7.74 Å². The van der Waals surface area contributed by atoms with E-state index in [9.17, 15) is 9.59 Å². The molecule has 0 aliphatic carbocycles. The normalized spacial score (nSPS) is 8.25. The Morgan fingerprint density at radius 3 is 1.50 bits per heavy atom. The third-order valence-corrected chi connectivity index (χ3v) is 0.876. The van der Waals surface area contributed by atoms with Gasteiger partial charge in [0, 0.05) is 7.74 Å². The van der Waals surface area contributed by atoms with Crippen LogP contribution in [0.1, 0.15) is 13.8 Å². The average molecular weight is 108 g/mol. The second-order valence-electron chi connectivity index (χ2n) is 1.70. The monoisotopic (exact) mass is 108 g/mol. The van der Waals surface area contributed by atoms with Crippen molar-refractivity contribution >= 4 is 25.7 Å². The first-order valence-electron chi connectivity index (χ1n) is 2.32. The molecule has 2 nitrogen and oxygen atoms in total. The van der Waals surface area contributed by atoms with Crippen LogP contribution in [0.25, 0.3) is 0 Å². The number of rotatable bonds is 2. The Hall–Kier alpha value is -0.530. The van der Waals surface area contributed by atoms with Crippen molar-refractivity contribution in [1.82, 2.24) is 0 Å². The van der Waals surface area contributed by atoms with Crippen molar-refractivity contribution in [2.24, 2.45) is 0 Å². The molecule has 0 saturated heterocycles. The quantitative estimate of drug-likeness (QED) is 0.442. The molecular formula is C4H6B2O2. The summed E-state index contributed by atoms with van der Waals surface area (Å²) >= 11 is 0. The maximum atomic E-state index is 10.2. The van der Waals surface area contributed by atoms with Crippen LogP contribution >= 0.6 is 0 Å². The molecule has 0 rings (SSSR count). The molecule has 0 heterocycles. The fourth-order valence-electron chi connectivity index (χ4n) is 0.286. The first-order valence-corrected chi connectivity index (χ1v) is 2.32. The Balaban J connectivity index is 3.83. The zero-order valence-electron chi connectivity index (χ0n) is 4.97. The molecule has 0 spiro atoms. The molecule has 0 aromatic rings. The van der Waals surface area contributed by atoms with Gasteiger partial charge in [-0.3, -0.25) is 0 Å². The van der Waals surface area contributed by atoms with Gasteiger partial charge in [0.25, 0.3) is 6.60 Å². The van der Waals surface area contributed by atoms with Crippen molar-refractivity contribution in [2.75, 3.05) is 0 Å². The molecule has 0 bridgehead atoms. The second kappa shape index (κ2) is 2.70. The number of hydrogen-bond acceptors (Lipinski definition) is 2. The predicted octanol–water partition coefficient (Wildman–Crippen LogP) is -0.597. The highest BCUT2D eigenvalue weighted by atomic mass is 16.1. The lowest BCUT2D eigenvalue weighted by atomic mass is 9.28. The van der Waals surface area contributed by atoms with E-state index in [-0.39, 0.29) is 11.4 Å². The summed E-state index contributed by atoms with van der Waals surface area (Å²) in [4.78, 5) is 20.5. The Morgan fingerprint density at radius 1 is 1.25 bits per heavy atom. The lowest BCUT2D eigenvalue weighted by Gasteiger charge is -1.93. The van der Waals surface area contributed by atoms with E-state index in [0.717, 1.165) is 0 Å². The highest BCUT2D eigenvalue weighted by molar-refractivity contribution is 7.35. The van der Waals surface area contributed by atoms with E-state index in [0.29, 0.717) is 0 Å². The summed E-state index contributed by atoms with van der Waals surface area (Å²) in [6.07, 6.45) is 0. The number of carbonyl (C=O) groups excluding carboxylic acids is 2. The van der Waals surface area contributed by atoms with Crippen LogP contribution in [0, 0.1) is 0 Å². The highest BCUT2D eigenvalue weighted by Gasteiger charge is 2.16. The molecule has 0 aromatic heterocycles. The zero-order chi connectivity index (χ0) is 6.73. The smallest absolute Gasteiger partial charge is 0.251 e. The van der Waals surface area contributed by atoms with E-state index >= 15 is 0 Å². The molecule has 0 amide bonds. The van der Waals surface area contributed by atoms with Crippen molar-refractivity contribution in [3.05, 3.63) is 0 Å². The Morgan fingerprint density at radius 2 is 1.50 bits per heavy atom. The standard InChI is InChI=1S/C4H6B2O2/c1-3(7)6(5)4(2)8/h1-2H3. The maximum Gasteiger partial charge on any atom is 0.251 e. The molecule has 0 fully saturated rings. The molecule has 8 heavy (non-hydrogen) atoms. The van der Waals surface area contributed by atoms with Crippen LogP contribution in [-0.4, -0.2) is 25.7 Å². The van der Waals surface area contributed by atoms with Gasteiger partial charge in [0.1, 0.15) is 0 Å². The van der Waals surface area contributed by atoms with E-state index < -0.39 is 6.60 Å². The SMILES string of the molecule is [B]B(C(C)=O)C(C)=O. The molecule has 0 aliphatic rings. The zero-order valence-corrected chi connectivity index (χ0v) is 4.97. The number of hydrogen-bond donors (Lipinski definition) is 0. The summed E-state index contributed by atoms with van der Waals surface area (Å²) in [7, 11) is 5.06. The molecule has 4 heteroatoms. The van der Waals surface area contributed by atoms with Gasteiger partial charge < -0.3 is 9.59 Å². The van der Waals surface area contributed by atoms with Gasteiger partial charge in [-0.2, -0.15) is 0 Å². The fraction of sp³-hybridized carbons (Fsp3) is 0.500. The summed E-state index contributed by atoms with van der Waals surface area (Å²) in [6.45, 7) is 1.69. The van der Waals surface area contributed by atoms with Gasteiger partial charge in [-0.1, -0.05) is 0 Å². The molecule has 0 saturated carbocycles. The van der Waals surface area contributed by atoms with Crippen LogP contribution in [0.3, 0.4) is 0 Å². The van der Waals surface area contributed by atoms with Gasteiger partial charge in [-0.25, -0.2) is 0 Å². The lowest BCUT2D eigenvalue weighted by molar-refractivity contribution is -0.113. The predicted molar refractivity (Wildman–Crippen MR) is 32.9 cm³/mol. The maximum absolute atomic E-state index is 10.2. The minimum atomic E-state index is -0.907. The van der Waals surface area contributed by atoms with Crippen LogP contribution in [0.15, 0.2) is 0 Å². The van der Waals surface area contributed by atoms with Crippen molar-refractivity contribution in [1.29, 1.82) is 0 Å². The summed E-state index contributed by atoms with van der Waals surface area (Å²) in [5, 5.41) is 0. The molecule has 0 aromatic carbocycles.